The van der Waals surface area contributed by atoms with Crippen LogP contribution in [-0.2, 0) is 4.74 Å². The third-order valence-electron chi connectivity index (χ3n) is 2.56. The molecular formula is C11H12BrF2NO2. The van der Waals surface area contributed by atoms with Crippen molar-refractivity contribution in [1.82, 2.24) is 4.98 Å². The van der Waals surface area contributed by atoms with Gasteiger partial charge in [-0.15, -0.1) is 0 Å². The molecule has 1 aromatic heterocycles. The van der Waals surface area contributed by atoms with Crippen LogP contribution in [0.1, 0.15) is 24.5 Å². The van der Waals surface area contributed by atoms with Crippen LogP contribution >= 0.6 is 15.9 Å². The van der Waals surface area contributed by atoms with E-state index in [0.29, 0.717) is 11.4 Å². The molecule has 1 aromatic rings. The van der Waals surface area contributed by atoms with E-state index < -0.39 is 6.61 Å². The number of pyridine rings is 1. The van der Waals surface area contributed by atoms with Crippen molar-refractivity contribution in [3.05, 3.63) is 23.9 Å². The van der Waals surface area contributed by atoms with Gasteiger partial charge < -0.3 is 9.47 Å². The second-order valence-corrected chi connectivity index (χ2v) is 5.08. The minimum atomic E-state index is -2.85. The van der Waals surface area contributed by atoms with Gasteiger partial charge in [0.2, 0.25) is 5.88 Å². The molecule has 0 spiro atoms. The number of halogens is 3. The molecule has 2 rings (SSSR count). The zero-order valence-corrected chi connectivity index (χ0v) is 10.6. The lowest BCUT2D eigenvalue weighted by molar-refractivity contribution is -0.0532. The average molecular weight is 308 g/mol. The van der Waals surface area contributed by atoms with Crippen LogP contribution in [0.25, 0.3) is 0 Å². The van der Waals surface area contributed by atoms with Crippen LogP contribution in [-0.4, -0.2) is 23.0 Å². The van der Waals surface area contributed by atoms with Gasteiger partial charge in [-0.1, -0.05) is 15.9 Å². The fourth-order valence-electron chi connectivity index (χ4n) is 1.77. The van der Waals surface area contributed by atoms with Gasteiger partial charge >= 0.3 is 6.61 Å². The van der Waals surface area contributed by atoms with E-state index in [4.69, 9.17) is 4.74 Å². The first-order valence-electron chi connectivity index (χ1n) is 5.31. The SMILES string of the molecule is FC(F)Oc1cc(C2CC(Br)CCO2)ccn1. The highest BCUT2D eigenvalue weighted by molar-refractivity contribution is 9.09. The maximum atomic E-state index is 12.1. The molecule has 1 saturated heterocycles. The van der Waals surface area contributed by atoms with Gasteiger partial charge in [0.25, 0.3) is 0 Å². The molecule has 2 unspecified atom stereocenters. The Bertz CT molecular complexity index is 378. The topological polar surface area (TPSA) is 31.4 Å². The number of alkyl halides is 3. The highest BCUT2D eigenvalue weighted by Crippen LogP contribution is 2.32. The molecule has 0 N–H and O–H groups in total. The summed E-state index contributed by atoms with van der Waals surface area (Å²) >= 11 is 3.54. The standard InChI is InChI=1S/C11H12BrF2NO2/c12-8-2-4-16-9(6-8)7-1-3-15-10(5-7)17-11(13)14/h1,3,5,8-9,11H,2,4,6H2. The normalized spacial score (nSPS) is 24.9. The minimum absolute atomic E-state index is 0.0715. The monoisotopic (exact) mass is 307 g/mol. The van der Waals surface area contributed by atoms with E-state index in [0.717, 1.165) is 18.4 Å². The zero-order chi connectivity index (χ0) is 12.3. The van der Waals surface area contributed by atoms with Crippen molar-refractivity contribution in [2.24, 2.45) is 0 Å². The van der Waals surface area contributed by atoms with Gasteiger partial charge in [0, 0.05) is 23.7 Å². The first kappa shape index (κ1) is 12.7. The summed E-state index contributed by atoms with van der Waals surface area (Å²) in [5.41, 5.74) is 0.819. The average Bonchev–Trinajstić information content (AvgIpc) is 2.28. The first-order valence-corrected chi connectivity index (χ1v) is 6.23. The van der Waals surface area contributed by atoms with E-state index in [1.165, 1.54) is 12.3 Å². The largest absolute Gasteiger partial charge is 0.417 e. The van der Waals surface area contributed by atoms with Crippen molar-refractivity contribution in [3.8, 4) is 5.88 Å². The Kier molecular flexibility index (Phi) is 4.28. The summed E-state index contributed by atoms with van der Waals surface area (Å²) < 4.78 is 34.0. The predicted octanol–water partition coefficient (Wildman–Crippen LogP) is 3.30. The van der Waals surface area contributed by atoms with E-state index in [-0.39, 0.29) is 12.0 Å². The number of hydrogen-bond acceptors (Lipinski definition) is 3. The molecule has 6 heteroatoms. The molecule has 2 atom stereocenters. The molecule has 1 aliphatic rings. The summed E-state index contributed by atoms with van der Waals surface area (Å²) in [7, 11) is 0. The third kappa shape index (κ3) is 3.61. The van der Waals surface area contributed by atoms with Crippen LogP contribution in [0, 0.1) is 0 Å². The summed E-state index contributed by atoms with van der Waals surface area (Å²) in [6.45, 7) is -2.19. The quantitative estimate of drug-likeness (QED) is 0.803. The molecule has 3 nitrogen and oxygen atoms in total. The number of ether oxygens (including phenoxy) is 2. The molecule has 0 aromatic carbocycles. The first-order chi connectivity index (χ1) is 8.15. The Morgan fingerprint density at radius 2 is 2.35 bits per heavy atom. The van der Waals surface area contributed by atoms with Gasteiger partial charge in [0.05, 0.1) is 6.10 Å². The summed E-state index contributed by atoms with van der Waals surface area (Å²) in [5.74, 6) is -0.0715. The van der Waals surface area contributed by atoms with Gasteiger partial charge in [-0.25, -0.2) is 4.98 Å². The van der Waals surface area contributed by atoms with E-state index >= 15 is 0 Å². The van der Waals surface area contributed by atoms with Gasteiger partial charge in [-0.05, 0) is 24.5 Å². The van der Waals surface area contributed by atoms with Gasteiger partial charge in [-0.3, -0.25) is 0 Å². The molecule has 0 saturated carbocycles. The summed E-state index contributed by atoms with van der Waals surface area (Å²) in [4.78, 5) is 4.12. The predicted molar refractivity (Wildman–Crippen MR) is 61.5 cm³/mol. The molecule has 17 heavy (non-hydrogen) atoms. The van der Waals surface area contributed by atoms with Crippen LogP contribution in [0.2, 0.25) is 0 Å². The lowest BCUT2D eigenvalue weighted by atomic mass is 10.0. The Morgan fingerprint density at radius 1 is 1.53 bits per heavy atom. The Balaban J connectivity index is 2.09. The molecule has 0 aliphatic carbocycles. The molecule has 1 fully saturated rings. The summed E-state index contributed by atoms with van der Waals surface area (Å²) in [5, 5.41) is 0. The van der Waals surface area contributed by atoms with Crippen molar-refractivity contribution < 1.29 is 18.3 Å². The Hall–Kier alpha value is -0.750. The minimum Gasteiger partial charge on any atom is -0.417 e. The van der Waals surface area contributed by atoms with Crippen LogP contribution < -0.4 is 4.74 Å². The molecule has 0 radical (unpaired) electrons. The second kappa shape index (κ2) is 5.73. The smallest absolute Gasteiger partial charge is 0.388 e. The van der Waals surface area contributed by atoms with Crippen molar-refractivity contribution in [2.45, 2.75) is 30.4 Å². The maximum absolute atomic E-state index is 12.1. The van der Waals surface area contributed by atoms with Crippen molar-refractivity contribution >= 4 is 15.9 Å². The van der Waals surface area contributed by atoms with E-state index in [1.807, 2.05) is 0 Å². The summed E-state index contributed by atoms with van der Waals surface area (Å²) in [6, 6.07) is 3.26. The second-order valence-electron chi connectivity index (χ2n) is 3.79. The molecular weight excluding hydrogens is 296 g/mol. The van der Waals surface area contributed by atoms with Crippen molar-refractivity contribution in [1.29, 1.82) is 0 Å². The number of aromatic nitrogens is 1. The lowest BCUT2D eigenvalue weighted by Gasteiger charge is -2.26. The zero-order valence-electron chi connectivity index (χ0n) is 8.98. The Morgan fingerprint density at radius 3 is 3.06 bits per heavy atom. The molecule has 0 amide bonds. The van der Waals surface area contributed by atoms with Crippen LogP contribution in [0.3, 0.4) is 0 Å². The molecule has 0 bridgehead atoms. The van der Waals surface area contributed by atoms with Crippen LogP contribution in [0.5, 0.6) is 5.88 Å². The maximum Gasteiger partial charge on any atom is 0.388 e. The summed E-state index contributed by atoms with van der Waals surface area (Å²) in [6.07, 6.45) is 3.14. The van der Waals surface area contributed by atoms with E-state index in [1.54, 1.807) is 6.07 Å². The van der Waals surface area contributed by atoms with Crippen LogP contribution in [0.4, 0.5) is 8.78 Å². The van der Waals surface area contributed by atoms with E-state index in [2.05, 4.69) is 25.7 Å². The Labute approximate surface area is 106 Å². The fraction of sp³-hybridized carbons (Fsp3) is 0.545. The highest BCUT2D eigenvalue weighted by Gasteiger charge is 2.22. The van der Waals surface area contributed by atoms with Crippen molar-refractivity contribution in [3.63, 3.8) is 0 Å². The number of hydrogen-bond donors (Lipinski definition) is 0. The van der Waals surface area contributed by atoms with Gasteiger partial charge in [0.15, 0.2) is 0 Å². The lowest BCUT2D eigenvalue weighted by Crippen LogP contribution is -2.19. The molecule has 2 heterocycles. The number of nitrogens with zero attached hydrogens (tertiary/aromatic N) is 1. The highest BCUT2D eigenvalue weighted by atomic mass is 79.9. The molecule has 1 aliphatic heterocycles. The number of rotatable bonds is 3. The van der Waals surface area contributed by atoms with E-state index in [9.17, 15) is 8.78 Å². The third-order valence-corrected chi connectivity index (χ3v) is 3.39. The van der Waals surface area contributed by atoms with Crippen LogP contribution in [0.15, 0.2) is 18.3 Å². The van der Waals surface area contributed by atoms with Gasteiger partial charge in [0.1, 0.15) is 0 Å². The van der Waals surface area contributed by atoms with Crippen molar-refractivity contribution in [2.75, 3.05) is 6.61 Å². The fourth-order valence-corrected chi connectivity index (χ4v) is 2.30. The van der Waals surface area contributed by atoms with Gasteiger partial charge in [-0.2, -0.15) is 8.78 Å². The molecule has 94 valence electrons.